The van der Waals surface area contributed by atoms with Crippen LogP contribution in [0.15, 0.2) is 59.5 Å². The number of sulfonamides is 2. The van der Waals surface area contributed by atoms with E-state index in [9.17, 15) is 26.3 Å². The van der Waals surface area contributed by atoms with E-state index in [4.69, 9.17) is 4.74 Å². The Labute approximate surface area is 187 Å². The van der Waals surface area contributed by atoms with E-state index >= 15 is 0 Å². The molecule has 8 nitrogen and oxygen atoms in total. The number of halogens is 1. The quantitative estimate of drug-likeness (QED) is 0.468. The summed E-state index contributed by atoms with van der Waals surface area (Å²) in [5.74, 6) is -0.660. The Hall–Kier alpha value is -1.89. The zero-order valence-electron chi connectivity index (χ0n) is 17.4. The maximum Gasteiger partial charge on any atom is 0.240 e. The van der Waals surface area contributed by atoms with E-state index in [2.05, 4.69) is 9.44 Å². The summed E-state index contributed by atoms with van der Waals surface area (Å²) in [6.07, 6.45) is 0.200. The summed E-state index contributed by atoms with van der Waals surface area (Å²) >= 11 is 0. The summed E-state index contributed by atoms with van der Waals surface area (Å²) in [4.78, 5) is -0.0782. The molecule has 0 spiro atoms. The van der Waals surface area contributed by atoms with E-state index in [0.717, 1.165) is 12.1 Å². The second-order valence-corrected chi connectivity index (χ2v) is 11.2. The van der Waals surface area contributed by atoms with Crippen LogP contribution in [-0.2, 0) is 30.5 Å². The van der Waals surface area contributed by atoms with E-state index in [1.54, 1.807) is 24.3 Å². The summed E-state index contributed by atoms with van der Waals surface area (Å²) in [5.41, 5.74) is 0.686. The lowest BCUT2D eigenvalue weighted by atomic mass is 9.98. The van der Waals surface area contributed by atoms with Crippen LogP contribution in [0.5, 0.6) is 0 Å². The fourth-order valence-electron chi connectivity index (χ4n) is 3.58. The molecule has 2 aromatic rings. The number of ether oxygens (including phenoxy) is 1. The molecule has 2 aromatic carbocycles. The van der Waals surface area contributed by atoms with Crippen molar-refractivity contribution in [2.75, 3.05) is 13.2 Å². The Balaban J connectivity index is 1.50. The highest BCUT2D eigenvalue weighted by Gasteiger charge is 2.34. The van der Waals surface area contributed by atoms with Gasteiger partial charge in [-0.2, -0.15) is 0 Å². The van der Waals surface area contributed by atoms with E-state index < -0.39 is 44.6 Å². The van der Waals surface area contributed by atoms with Crippen LogP contribution < -0.4 is 9.44 Å². The van der Waals surface area contributed by atoms with Gasteiger partial charge in [0.15, 0.2) is 0 Å². The number of nitrogens with one attached hydrogen (secondary N) is 2. The molecule has 0 bridgehead atoms. The van der Waals surface area contributed by atoms with Gasteiger partial charge in [-0.15, -0.1) is 0 Å². The van der Waals surface area contributed by atoms with Crippen molar-refractivity contribution >= 4 is 20.0 Å². The highest BCUT2D eigenvalue weighted by atomic mass is 32.2. The predicted molar refractivity (Wildman–Crippen MR) is 117 cm³/mol. The van der Waals surface area contributed by atoms with Crippen LogP contribution in [-0.4, -0.2) is 53.3 Å². The predicted octanol–water partition coefficient (Wildman–Crippen LogP) is 1.52. The highest BCUT2D eigenvalue weighted by molar-refractivity contribution is 7.89. The third-order valence-electron chi connectivity index (χ3n) is 5.21. The molecule has 0 amide bonds. The number of benzene rings is 2. The monoisotopic (exact) mass is 486 g/mol. The van der Waals surface area contributed by atoms with Gasteiger partial charge in [0, 0.05) is 6.54 Å². The van der Waals surface area contributed by atoms with Crippen LogP contribution in [0.1, 0.15) is 24.8 Å². The molecule has 0 aliphatic carbocycles. The van der Waals surface area contributed by atoms with Gasteiger partial charge in [-0.05, 0) is 49.1 Å². The summed E-state index contributed by atoms with van der Waals surface area (Å²) in [6, 6.07) is 12.6. The average Bonchev–Trinajstić information content (AvgIpc) is 2.75. The number of hydrogen-bond acceptors (Lipinski definition) is 6. The SMILES string of the molecule is O=S(=O)(Cc1ccccc1)NCC[C@H]1CC[C@H](NS(=O)(=O)c2ccc(F)cc2)[C@H](CO)O1. The van der Waals surface area contributed by atoms with Gasteiger partial charge in [-0.25, -0.2) is 30.7 Å². The van der Waals surface area contributed by atoms with Crippen molar-refractivity contribution in [3.05, 3.63) is 66.0 Å². The Kier molecular flexibility index (Phi) is 8.37. The van der Waals surface area contributed by atoms with Crippen molar-refractivity contribution in [3.8, 4) is 0 Å². The minimum Gasteiger partial charge on any atom is -0.394 e. The van der Waals surface area contributed by atoms with Gasteiger partial charge < -0.3 is 9.84 Å². The zero-order chi connectivity index (χ0) is 23.2. The molecular weight excluding hydrogens is 459 g/mol. The first-order valence-corrected chi connectivity index (χ1v) is 13.4. The van der Waals surface area contributed by atoms with Crippen LogP contribution in [0.25, 0.3) is 0 Å². The van der Waals surface area contributed by atoms with Crippen molar-refractivity contribution < 1.29 is 31.1 Å². The molecule has 0 unspecified atom stereocenters. The van der Waals surface area contributed by atoms with Crippen LogP contribution in [0, 0.1) is 5.82 Å². The van der Waals surface area contributed by atoms with Gasteiger partial charge in [0.1, 0.15) is 5.82 Å². The minimum atomic E-state index is -3.90. The summed E-state index contributed by atoms with van der Waals surface area (Å²) in [5, 5.41) is 9.68. The number of aliphatic hydroxyl groups excluding tert-OH is 1. The molecule has 1 aliphatic rings. The van der Waals surface area contributed by atoms with Crippen LogP contribution in [0.3, 0.4) is 0 Å². The second kappa shape index (κ2) is 10.8. The zero-order valence-corrected chi connectivity index (χ0v) is 19.0. The van der Waals surface area contributed by atoms with Gasteiger partial charge in [0.05, 0.1) is 35.5 Å². The fraction of sp³-hybridized carbons (Fsp3) is 0.429. The van der Waals surface area contributed by atoms with Crippen molar-refractivity contribution in [1.29, 1.82) is 0 Å². The van der Waals surface area contributed by atoms with E-state index in [1.165, 1.54) is 12.1 Å². The first-order chi connectivity index (χ1) is 15.2. The fourth-order valence-corrected chi connectivity index (χ4v) is 6.04. The molecule has 3 N–H and O–H groups in total. The Morgan fingerprint density at radius 1 is 1.00 bits per heavy atom. The topological polar surface area (TPSA) is 122 Å². The number of hydrogen-bond donors (Lipinski definition) is 3. The molecule has 32 heavy (non-hydrogen) atoms. The molecule has 3 atom stereocenters. The third-order valence-corrected chi connectivity index (χ3v) is 8.08. The Morgan fingerprint density at radius 2 is 1.69 bits per heavy atom. The van der Waals surface area contributed by atoms with Crippen LogP contribution >= 0.6 is 0 Å². The molecule has 11 heteroatoms. The average molecular weight is 487 g/mol. The summed E-state index contributed by atoms with van der Waals surface area (Å²) in [6.45, 7) is -0.225. The first-order valence-electron chi connectivity index (χ1n) is 10.2. The van der Waals surface area contributed by atoms with Crippen molar-refractivity contribution in [3.63, 3.8) is 0 Å². The summed E-state index contributed by atoms with van der Waals surface area (Å²) in [7, 11) is -7.40. The lowest BCUT2D eigenvalue weighted by Crippen LogP contribution is -2.51. The molecule has 1 aliphatic heterocycles. The molecule has 1 saturated heterocycles. The van der Waals surface area contributed by atoms with Gasteiger partial charge in [-0.3, -0.25) is 0 Å². The van der Waals surface area contributed by atoms with Crippen molar-refractivity contribution in [1.82, 2.24) is 9.44 Å². The van der Waals surface area contributed by atoms with Crippen LogP contribution in [0.4, 0.5) is 4.39 Å². The second-order valence-electron chi connectivity index (χ2n) is 7.67. The van der Waals surface area contributed by atoms with Gasteiger partial charge in [-0.1, -0.05) is 30.3 Å². The minimum absolute atomic E-state index is 0.0782. The number of aliphatic hydroxyl groups is 1. The molecule has 176 valence electrons. The normalized spacial score (nSPS) is 22.0. The summed E-state index contributed by atoms with van der Waals surface area (Å²) < 4.78 is 73.5. The third kappa shape index (κ3) is 7.06. The molecule has 1 heterocycles. The smallest absolute Gasteiger partial charge is 0.240 e. The molecular formula is C21H27FN2O6S2. The van der Waals surface area contributed by atoms with Gasteiger partial charge in [0.25, 0.3) is 0 Å². The standard InChI is InChI=1S/C21H27FN2O6S2/c22-17-6-9-19(10-7-17)32(28,29)24-20-11-8-18(30-21(20)14-25)12-13-23-31(26,27)15-16-4-2-1-3-5-16/h1-7,9-10,18,20-21,23-25H,8,11-15H2/t18-,20+,21+/m1/s1. The van der Waals surface area contributed by atoms with Crippen molar-refractivity contribution in [2.24, 2.45) is 0 Å². The number of rotatable bonds is 10. The molecule has 3 rings (SSSR count). The molecule has 0 saturated carbocycles. The van der Waals surface area contributed by atoms with E-state index in [-0.39, 0.29) is 23.3 Å². The lowest BCUT2D eigenvalue weighted by Gasteiger charge is -2.36. The van der Waals surface area contributed by atoms with E-state index in [1.807, 2.05) is 6.07 Å². The maximum atomic E-state index is 13.1. The van der Waals surface area contributed by atoms with Crippen LogP contribution in [0.2, 0.25) is 0 Å². The molecule has 1 fully saturated rings. The van der Waals surface area contributed by atoms with Crippen molar-refractivity contribution in [2.45, 2.75) is 48.2 Å². The highest BCUT2D eigenvalue weighted by Crippen LogP contribution is 2.23. The van der Waals surface area contributed by atoms with Gasteiger partial charge >= 0.3 is 0 Å². The van der Waals surface area contributed by atoms with Gasteiger partial charge in [0.2, 0.25) is 20.0 Å². The lowest BCUT2D eigenvalue weighted by molar-refractivity contribution is -0.0869. The maximum absolute atomic E-state index is 13.1. The Morgan fingerprint density at radius 3 is 2.34 bits per heavy atom. The molecule has 0 radical (unpaired) electrons. The first kappa shape index (κ1) is 24.7. The largest absolute Gasteiger partial charge is 0.394 e. The molecule has 0 aromatic heterocycles. The Bertz CT molecular complexity index is 1080. The van der Waals surface area contributed by atoms with E-state index in [0.29, 0.717) is 24.8 Å².